The maximum absolute atomic E-state index is 5.54. The average molecular weight is 288 g/mol. The van der Waals surface area contributed by atoms with Crippen LogP contribution < -0.4 is 4.74 Å². The van der Waals surface area contributed by atoms with E-state index in [1.165, 1.54) is 0 Å². The second-order valence-electron chi connectivity index (χ2n) is 2.62. The van der Waals surface area contributed by atoms with E-state index in [1.807, 2.05) is 30.3 Å². The Morgan fingerprint density at radius 3 is 2.77 bits per heavy atom. The molecule has 0 aliphatic heterocycles. The Bertz CT molecular complexity index is 281. The van der Waals surface area contributed by atoms with Crippen molar-refractivity contribution in [3.8, 4) is 5.75 Å². The van der Waals surface area contributed by atoms with Gasteiger partial charge in [0.05, 0.1) is 3.57 Å². The van der Waals surface area contributed by atoms with E-state index in [0.717, 1.165) is 15.7 Å². The van der Waals surface area contributed by atoms with Gasteiger partial charge in [0.15, 0.2) is 0 Å². The summed E-state index contributed by atoms with van der Waals surface area (Å²) in [5.41, 5.74) is 0. The number of benzene rings is 1. The molecule has 0 aliphatic carbocycles. The fourth-order valence-electron chi connectivity index (χ4n) is 0.934. The summed E-state index contributed by atoms with van der Waals surface area (Å²) in [7, 11) is 0. The largest absolute Gasteiger partial charge is 0.488 e. The highest BCUT2D eigenvalue weighted by Crippen LogP contribution is 2.19. The minimum Gasteiger partial charge on any atom is -0.488 e. The lowest BCUT2D eigenvalue weighted by Gasteiger charge is -2.04. The molecule has 0 saturated heterocycles. The van der Waals surface area contributed by atoms with Crippen LogP contribution in [0.15, 0.2) is 36.4 Å². The van der Waals surface area contributed by atoms with Gasteiger partial charge in [-0.2, -0.15) is 0 Å². The summed E-state index contributed by atoms with van der Waals surface area (Å²) in [6.07, 6.45) is 5.22. The minimum atomic E-state index is 0.661. The summed E-state index contributed by atoms with van der Waals surface area (Å²) in [6.45, 7) is 2.77. The molecule has 0 bridgehead atoms. The van der Waals surface area contributed by atoms with E-state index >= 15 is 0 Å². The summed E-state index contributed by atoms with van der Waals surface area (Å²) in [6, 6.07) is 8.03. The number of rotatable bonds is 4. The predicted octanol–water partition coefficient (Wildman–Crippen LogP) is 3.64. The molecule has 1 aromatic carbocycles. The molecule has 0 fully saturated rings. The quantitative estimate of drug-likeness (QED) is 0.607. The normalized spacial score (nSPS) is 10.6. The van der Waals surface area contributed by atoms with Gasteiger partial charge in [0.2, 0.25) is 0 Å². The van der Waals surface area contributed by atoms with Gasteiger partial charge in [-0.15, -0.1) is 0 Å². The fourth-order valence-corrected chi connectivity index (χ4v) is 1.48. The maximum Gasteiger partial charge on any atom is 0.133 e. The van der Waals surface area contributed by atoms with Gasteiger partial charge in [0, 0.05) is 0 Å². The highest BCUT2D eigenvalue weighted by Gasteiger charge is 1.95. The SMILES string of the molecule is CCC=CCOc1ccccc1I. The van der Waals surface area contributed by atoms with Crippen molar-refractivity contribution in [2.75, 3.05) is 6.61 Å². The van der Waals surface area contributed by atoms with Crippen LogP contribution in [-0.2, 0) is 0 Å². The molecule has 0 unspecified atom stereocenters. The van der Waals surface area contributed by atoms with Crippen molar-refractivity contribution in [1.82, 2.24) is 0 Å². The van der Waals surface area contributed by atoms with E-state index in [9.17, 15) is 0 Å². The highest BCUT2D eigenvalue weighted by molar-refractivity contribution is 14.1. The second kappa shape index (κ2) is 6.02. The molecule has 0 saturated carbocycles. The van der Waals surface area contributed by atoms with E-state index in [0.29, 0.717) is 6.61 Å². The lowest BCUT2D eigenvalue weighted by molar-refractivity contribution is 0.360. The molecule has 13 heavy (non-hydrogen) atoms. The molecule has 0 amide bonds. The van der Waals surface area contributed by atoms with Crippen LogP contribution in [0.25, 0.3) is 0 Å². The third-order valence-corrected chi connectivity index (χ3v) is 2.47. The van der Waals surface area contributed by atoms with Gasteiger partial charge in [-0.05, 0) is 41.1 Å². The van der Waals surface area contributed by atoms with Gasteiger partial charge >= 0.3 is 0 Å². The first-order chi connectivity index (χ1) is 6.34. The Labute approximate surface area is 92.9 Å². The van der Waals surface area contributed by atoms with Crippen molar-refractivity contribution in [2.45, 2.75) is 13.3 Å². The van der Waals surface area contributed by atoms with E-state index in [2.05, 4.69) is 35.6 Å². The number of halogens is 1. The van der Waals surface area contributed by atoms with E-state index in [-0.39, 0.29) is 0 Å². The molecule has 0 aromatic heterocycles. The van der Waals surface area contributed by atoms with Gasteiger partial charge in [-0.3, -0.25) is 0 Å². The minimum absolute atomic E-state index is 0.661. The van der Waals surface area contributed by atoms with Crippen LogP contribution >= 0.6 is 22.6 Å². The first-order valence-electron chi connectivity index (χ1n) is 4.37. The van der Waals surface area contributed by atoms with E-state index in [4.69, 9.17) is 4.74 Å². The molecular weight excluding hydrogens is 275 g/mol. The lowest BCUT2D eigenvalue weighted by atomic mass is 10.3. The summed E-state index contributed by atoms with van der Waals surface area (Å²) in [5.74, 6) is 0.962. The topological polar surface area (TPSA) is 9.23 Å². The number of hydrogen-bond acceptors (Lipinski definition) is 1. The zero-order valence-electron chi connectivity index (χ0n) is 7.66. The fraction of sp³-hybridized carbons (Fsp3) is 0.273. The van der Waals surface area contributed by atoms with Crippen LogP contribution in [0.1, 0.15) is 13.3 Å². The van der Waals surface area contributed by atoms with Crippen LogP contribution in [0, 0.1) is 3.57 Å². The number of para-hydroxylation sites is 1. The molecule has 0 aliphatic rings. The van der Waals surface area contributed by atoms with Gasteiger partial charge in [0.1, 0.15) is 12.4 Å². The summed E-state index contributed by atoms with van der Waals surface area (Å²) < 4.78 is 6.70. The van der Waals surface area contributed by atoms with Crippen molar-refractivity contribution in [3.05, 3.63) is 40.0 Å². The number of allylic oxidation sites excluding steroid dienone is 1. The second-order valence-corrected chi connectivity index (χ2v) is 3.78. The average Bonchev–Trinajstić information content (AvgIpc) is 2.15. The zero-order valence-corrected chi connectivity index (χ0v) is 9.82. The Balaban J connectivity index is 2.45. The highest BCUT2D eigenvalue weighted by atomic mass is 127. The van der Waals surface area contributed by atoms with E-state index in [1.54, 1.807) is 0 Å². The number of hydrogen-bond donors (Lipinski definition) is 0. The molecule has 0 radical (unpaired) electrons. The smallest absolute Gasteiger partial charge is 0.133 e. The Kier molecular flexibility index (Phi) is 4.90. The van der Waals surface area contributed by atoms with Crippen LogP contribution in [0.3, 0.4) is 0 Å². The Morgan fingerprint density at radius 1 is 1.31 bits per heavy atom. The summed E-state index contributed by atoms with van der Waals surface area (Å²) in [4.78, 5) is 0. The first kappa shape index (κ1) is 10.6. The van der Waals surface area contributed by atoms with Crippen molar-refractivity contribution in [1.29, 1.82) is 0 Å². The van der Waals surface area contributed by atoms with Crippen molar-refractivity contribution in [3.63, 3.8) is 0 Å². The van der Waals surface area contributed by atoms with Crippen LogP contribution in [0.4, 0.5) is 0 Å². The first-order valence-corrected chi connectivity index (χ1v) is 5.44. The molecular formula is C11H13IO. The molecule has 1 rings (SSSR count). The van der Waals surface area contributed by atoms with Crippen LogP contribution in [0.2, 0.25) is 0 Å². The molecule has 1 aromatic rings. The molecule has 70 valence electrons. The van der Waals surface area contributed by atoms with Gasteiger partial charge < -0.3 is 4.74 Å². The van der Waals surface area contributed by atoms with Crippen molar-refractivity contribution in [2.24, 2.45) is 0 Å². The lowest BCUT2D eigenvalue weighted by Crippen LogP contribution is -1.94. The Hall–Kier alpha value is -0.510. The van der Waals surface area contributed by atoms with E-state index < -0.39 is 0 Å². The summed E-state index contributed by atoms with van der Waals surface area (Å²) in [5, 5.41) is 0. The van der Waals surface area contributed by atoms with Crippen molar-refractivity contribution < 1.29 is 4.74 Å². The van der Waals surface area contributed by atoms with Crippen LogP contribution in [-0.4, -0.2) is 6.61 Å². The Morgan fingerprint density at radius 2 is 2.08 bits per heavy atom. The molecule has 0 atom stereocenters. The monoisotopic (exact) mass is 288 g/mol. The molecule has 2 heteroatoms. The van der Waals surface area contributed by atoms with Gasteiger partial charge in [-0.1, -0.05) is 31.2 Å². The van der Waals surface area contributed by atoms with Gasteiger partial charge in [0.25, 0.3) is 0 Å². The number of ether oxygens (including phenoxy) is 1. The van der Waals surface area contributed by atoms with Crippen LogP contribution in [0.5, 0.6) is 5.75 Å². The molecule has 1 nitrogen and oxygen atoms in total. The molecule has 0 N–H and O–H groups in total. The molecule has 0 spiro atoms. The third kappa shape index (κ3) is 3.81. The molecule has 0 heterocycles. The standard InChI is InChI=1S/C11H13IO/c1-2-3-6-9-13-11-8-5-4-7-10(11)12/h3-8H,2,9H2,1H3. The van der Waals surface area contributed by atoms with Gasteiger partial charge in [-0.25, -0.2) is 0 Å². The van der Waals surface area contributed by atoms with Crippen molar-refractivity contribution >= 4 is 22.6 Å². The summed E-state index contributed by atoms with van der Waals surface area (Å²) >= 11 is 2.27. The third-order valence-electron chi connectivity index (χ3n) is 1.57. The zero-order chi connectivity index (χ0) is 9.52. The predicted molar refractivity (Wildman–Crippen MR) is 64.1 cm³/mol. The maximum atomic E-state index is 5.54.